The van der Waals surface area contributed by atoms with E-state index in [4.69, 9.17) is 14.2 Å². The Morgan fingerprint density at radius 2 is 1.93 bits per heavy atom. The highest BCUT2D eigenvalue weighted by atomic mass is 35.5. The van der Waals surface area contributed by atoms with Crippen molar-refractivity contribution in [2.24, 2.45) is 0 Å². The molecule has 4 N–H and O–H groups in total. The predicted molar refractivity (Wildman–Crippen MR) is 180 cm³/mol. The van der Waals surface area contributed by atoms with E-state index in [1.165, 1.54) is 17.7 Å². The number of H-pyrrole nitrogens is 1. The third kappa shape index (κ3) is 11.3. The van der Waals surface area contributed by atoms with Crippen LogP contribution in [0.4, 0.5) is 16.6 Å². The zero-order valence-electron chi connectivity index (χ0n) is 25.3. The van der Waals surface area contributed by atoms with Crippen molar-refractivity contribution >= 4 is 69.8 Å². The number of hydrogen-bond acceptors (Lipinski definition) is 12. The molecule has 0 amide bonds. The van der Waals surface area contributed by atoms with Crippen LogP contribution in [0.5, 0.6) is 11.5 Å². The highest BCUT2D eigenvalue weighted by Crippen LogP contribution is 2.33. The number of carbonyl (C=O) groups excluding carboxylic acids is 1. The van der Waals surface area contributed by atoms with Crippen molar-refractivity contribution in [3.05, 3.63) is 47.9 Å². The van der Waals surface area contributed by atoms with Gasteiger partial charge in [0.2, 0.25) is 0 Å². The molecule has 0 aliphatic heterocycles. The number of unbranched alkanes of at least 4 members (excludes halogenated alkanes) is 1. The Kier molecular flexibility index (Phi) is 16.6. The van der Waals surface area contributed by atoms with E-state index in [-0.39, 0.29) is 31.4 Å². The lowest BCUT2D eigenvalue weighted by atomic mass is 10.2. The Morgan fingerprint density at radius 3 is 2.70 bits per heavy atom. The van der Waals surface area contributed by atoms with Gasteiger partial charge in [-0.15, -0.1) is 36.2 Å². The molecule has 0 aliphatic rings. The molecule has 3 aromatic heterocycles. The maximum atomic E-state index is 12.2. The number of fused-ring (bicyclic) bond motifs is 1. The number of carbonyl (C=O) groups is 1. The van der Waals surface area contributed by atoms with Gasteiger partial charge in [0.1, 0.15) is 24.4 Å². The minimum atomic E-state index is -0.425. The Bertz CT molecular complexity index is 1390. The fourth-order valence-electron chi connectivity index (χ4n) is 4.23. The van der Waals surface area contributed by atoms with Crippen LogP contribution in [0, 0.1) is 0 Å². The van der Waals surface area contributed by atoms with Crippen molar-refractivity contribution in [2.45, 2.75) is 32.7 Å². The summed E-state index contributed by atoms with van der Waals surface area (Å²) in [6.07, 6.45) is 8.07. The summed E-state index contributed by atoms with van der Waals surface area (Å²) >= 11 is 1.52. The van der Waals surface area contributed by atoms with Crippen molar-refractivity contribution in [1.82, 2.24) is 30.2 Å². The number of rotatable bonds is 19. The summed E-state index contributed by atoms with van der Waals surface area (Å²) in [6.45, 7) is 5.82. The summed E-state index contributed by atoms with van der Waals surface area (Å²) in [6, 6.07) is 5.50. The molecule has 0 fully saturated rings. The highest BCUT2D eigenvalue weighted by molar-refractivity contribution is 7.13. The van der Waals surface area contributed by atoms with Gasteiger partial charge in [0, 0.05) is 36.1 Å². The minimum Gasteiger partial charge on any atom is -0.488 e. The van der Waals surface area contributed by atoms with Gasteiger partial charge in [0.05, 0.1) is 18.5 Å². The van der Waals surface area contributed by atoms with E-state index in [0.717, 1.165) is 66.3 Å². The van der Waals surface area contributed by atoms with E-state index in [2.05, 4.69) is 47.8 Å². The third-order valence-corrected chi connectivity index (χ3v) is 7.07. The molecule has 1 aromatic carbocycles. The zero-order valence-corrected chi connectivity index (χ0v) is 27.7. The van der Waals surface area contributed by atoms with Crippen LogP contribution in [0.15, 0.2) is 42.3 Å². The third-order valence-electron chi connectivity index (χ3n) is 6.34. The molecule has 4 rings (SSSR count). The number of aromatic amines is 1. The van der Waals surface area contributed by atoms with Gasteiger partial charge >= 0.3 is 5.97 Å². The lowest BCUT2D eigenvalue weighted by molar-refractivity contribution is -0.146. The highest BCUT2D eigenvalue weighted by Gasteiger charge is 2.15. The molecular formula is C29H42Cl2N8O4S. The van der Waals surface area contributed by atoms with Crippen LogP contribution in [-0.2, 0) is 16.1 Å². The summed E-state index contributed by atoms with van der Waals surface area (Å²) < 4.78 is 17.1. The molecule has 0 aliphatic carbocycles. The van der Waals surface area contributed by atoms with Crippen LogP contribution in [-0.4, -0.2) is 84.4 Å². The molecule has 44 heavy (non-hydrogen) atoms. The van der Waals surface area contributed by atoms with Crippen molar-refractivity contribution in [3.8, 4) is 11.5 Å². The first-order chi connectivity index (χ1) is 20.6. The van der Waals surface area contributed by atoms with Gasteiger partial charge in [-0.05, 0) is 57.7 Å². The molecule has 0 atom stereocenters. The first-order valence-corrected chi connectivity index (χ1v) is 15.0. The van der Waals surface area contributed by atoms with E-state index < -0.39 is 5.97 Å². The molecule has 12 nitrogen and oxygen atoms in total. The number of halogens is 2. The summed E-state index contributed by atoms with van der Waals surface area (Å²) in [5.41, 5.74) is 2.58. The number of hydrogen-bond donors (Lipinski definition) is 4. The van der Waals surface area contributed by atoms with Gasteiger partial charge in [0.15, 0.2) is 23.2 Å². The Morgan fingerprint density at radius 1 is 1.07 bits per heavy atom. The van der Waals surface area contributed by atoms with E-state index in [1.807, 2.05) is 37.7 Å². The Balaban J connectivity index is 0.00000337. The second-order valence-electron chi connectivity index (χ2n) is 9.72. The maximum Gasteiger partial charge on any atom is 0.344 e. The normalized spacial score (nSPS) is 10.6. The zero-order chi connectivity index (χ0) is 29.6. The minimum absolute atomic E-state index is 0. The Hall–Kier alpha value is -3.36. The molecule has 0 unspecified atom stereocenters. The van der Waals surface area contributed by atoms with Crippen molar-refractivity contribution in [1.29, 1.82) is 0 Å². The fourth-order valence-corrected chi connectivity index (χ4v) is 4.79. The van der Waals surface area contributed by atoms with Crippen LogP contribution in [0.25, 0.3) is 11.0 Å². The first kappa shape index (κ1) is 36.8. The van der Waals surface area contributed by atoms with Crippen LogP contribution < -0.4 is 25.4 Å². The summed E-state index contributed by atoms with van der Waals surface area (Å²) in [5.74, 6) is 1.18. The van der Waals surface area contributed by atoms with Crippen molar-refractivity contribution in [3.63, 3.8) is 0 Å². The summed E-state index contributed by atoms with van der Waals surface area (Å²) in [4.78, 5) is 31.0. The van der Waals surface area contributed by atoms with Crippen LogP contribution in [0.3, 0.4) is 0 Å². The number of aromatic nitrogens is 4. The number of benzene rings is 1. The molecule has 0 bridgehead atoms. The van der Waals surface area contributed by atoms with Gasteiger partial charge in [-0.1, -0.05) is 13.3 Å². The summed E-state index contributed by atoms with van der Waals surface area (Å²) in [5, 5.41) is 13.5. The van der Waals surface area contributed by atoms with Crippen molar-refractivity contribution < 1.29 is 19.0 Å². The number of esters is 1. The lowest BCUT2D eigenvalue weighted by Crippen LogP contribution is -2.22. The summed E-state index contributed by atoms with van der Waals surface area (Å²) in [7, 11) is 4.07. The molecule has 0 saturated carbocycles. The van der Waals surface area contributed by atoms with E-state index in [1.54, 1.807) is 12.3 Å². The molecule has 4 aromatic rings. The van der Waals surface area contributed by atoms with Gasteiger partial charge in [-0.2, -0.15) is 0 Å². The van der Waals surface area contributed by atoms with Crippen LogP contribution in [0.1, 0.15) is 31.7 Å². The standard InChI is InChI=1S/C29H40N8O4S.2ClH/c1-4-5-13-40-25(38)19-41-24-16-22(7-8-23(24)39-14-10-31-29-32-11-15-42-29)36-28-26-21(17-33-27(26)34-20-35-28)18-37(3)12-6-9-30-2;;/h7-8,11,15-17,20,30H,4-6,9-10,12-14,18-19H2,1-3H3,(H,31,32)(H2,33,34,35,36);2*1H. The molecule has 3 heterocycles. The molecule has 0 radical (unpaired) electrons. The fraction of sp³-hybridized carbons (Fsp3) is 0.448. The van der Waals surface area contributed by atoms with Gasteiger partial charge in [-0.3, -0.25) is 0 Å². The first-order valence-electron chi connectivity index (χ1n) is 14.2. The maximum absolute atomic E-state index is 12.2. The predicted octanol–water partition coefficient (Wildman–Crippen LogP) is 5.26. The number of nitrogens with one attached hydrogen (secondary N) is 4. The molecule has 242 valence electrons. The topological polar surface area (TPSA) is 139 Å². The molecule has 15 heteroatoms. The van der Waals surface area contributed by atoms with Crippen LogP contribution >= 0.6 is 36.2 Å². The van der Waals surface area contributed by atoms with Gasteiger partial charge < -0.3 is 40.0 Å². The molecule has 0 saturated heterocycles. The smallest absolute Gasteiger partial charge is 0.344 e. The van der Waals surface area contributed by atoms with Gasteiger partial charge in [0.25, 0.3) is 0 Å². The van der Waals surface area contributed by atoms with Crippen LogP contribution in [0.2, 0.25) is 0 Å². The quantitative estimate of drug-likeness (QED) is 0.0769. The lowest BCUT2D eigenvalue weighted by Gasteiger charge is -2.17. The van der Waals surface area contributed by atoms with E-state index >= 15 is 0 Å². The Labute approximate surface area is 274 Å². The number of ether oxygens (including phenoxy) is 3. The van der Waals surface area contributed by atoms with E-state index in [0.29, 0.717) is 37.1 Å². The second kappa shape index (κ2) is 19.8. The number of thiazole rings is 1. The SMILES string of the molecule is CCCCOC(=O)COc1cc(Nc2ncnc3[nH]cc(CN(C)CCCNC)c23)ccc1OCCNc1nccs1.Cl.Cl. The largest absolute Gasteiger partial charge is 0.488 e. The number of nitrogens with zero attached hydrogens (tertiary/aromatic N) is 4. The van der Waals surface area contributed by atoms with E-state index in [9.17, 15) is 4.79 Å². The molecular weight excluding hydrogens is 627 g/mol. The average Bonchev–Trinajstić information content (AvgIpc) is 3.66. The second-order valence-corrected chi connectivity index (χ2v) is 10.6. The monoisotopic (exact) mass is 668 g/mol. The number of anilines is 3. The average molecular weight is 670 g/mol. The molecule has 0 spiro atoms. The van der Waals surface area contributed by atoms with Gasteiger partial charge in [-0.25, -0.2) is 19.7 Å². The van der Waals surface area contributed by atoms with Crippen molar-refractivity contribution in [2.75, 3.05) is 64.2 Å².